The van der Waals surface area contributed by atoms with E-state index in [9.17, 15) is 18.8 Å². The summed E-state index contributed by atoms with van der Waals surface area (Å²) in [5.41, 5.74) is 2.17. The van der Waals surface area contributed by atoms with Crippen molar-refractivity contribution >= 4 is 40.8 Å². The zero-order valence-corrected chi connectivity index (χ0v) is 16.5. The first-order chi connectivity index (χ1) is 13.9. The van der Waals surface area contributed by atoms with Gasteiger partial charge in [0.05, 0.1) is 10.9 Å². The molecule has 2 aromatic carbocycles. The van der Waals surface area contributed by atoms with Crippen molar-refractivity contribution in [1.82, 2.24) is 0 Å². The third kappa shape index (κ3) is 5.12. The molecule has 0 unspecified atom stereocenters. The fourth-order valence-corrected chi connectivity index (χ4v) is 3.23. The lowest BCUT2D eigenvalue weighted by atomic mass is 10.1. The van der Waals surface area contributed by atoms with Crippen LogP contribution in [0.3, 0.4) is 0 Å². The molecule has 1 atom stereocenters. The summed E-state index contributed by atoms with van der Waals surface area (Å²) in [5.74, 6) is -2.60. The highest BCUT2D eigenvalue weighted by Gasteiger charge is 2.36. The highest BCUT2D eigenvalue weighted by molar-refractivity contribution is 6.31. The van der Waals surface area contributed by atoms with Crippen LogP contribution in [-0.4, -0.2) is 30.9 Å². The molecular weight excluding hydrogens is 399 g/mol. The minimum Gasteiger partial charge on any atom is -0.455 e. The molecule has 2 amide bonds. The second kappa shape index (κ2) is 9.05. The van der Waals surface area contributed by atoms with E-state index in [0.29, 0.717) is 0 Å². The molecule has 0 radical (unpaired) electrons. The second-order valence-electron chi connectivity index (χ2n) is 6.71. The summed E-state index contributed by atoms with van der Waals surface area (Å²) in [6, 6.07) is 11.3. The smallest absolute Gasteiger partial charge is 0.311 e. The number of esters is 1. The Morgan fingerprint density at radius 2 is 1.97 bits per heavy atom. The molecule has 0 aromatic heterocycles. The van der Waals surface area contributed by atoms with Crippen LogP contribution >= 0.6 is 11.6 Å². The monoisotopic (exact) mass is 418 g/mol. The first kappa shape index (κ1) is 20.8. The Kier molecular flexibility index (Phi) is 6.49. The Morgan fingerprint density at radius 1 is 1.24 bits per heavy atom. The molecule has 2 aromatic rings. The molecule has 0 spiro atoms. The molecule has 1 fully saturated rings. The summed E-state index contributed by atoms with van der Waals surface area (Å²) < 4.78 is 18.2. The van der Waals surface area contributed by atoms with E-state index in [1.807, 2.05) is 31.2 Å². The zero-order valence-electron chi connectivity index (χ0n) is 15.8. The van der Waals surface area contributed by atoms with Crippen molar-refractivity contribution in [3.05, 3.63) is 58.9 Å². The van der Waals surface area contributed by atoms with Crippen LogP contribution in [0.25, 0.3) is 0 Å². The first-order valence-electron chi connectivity index (χ1n) is 9.18. The Bertz CT molecular complexity index is 933. The first-order valence-corrected chi connectivity index (χ1v) is 9.56. The number of hydrogen-bond donors (Lipinski definition) is 1. The minimum absolute atomic E-state index is 0.0313. The van der Waals surface area contributed by atoms with Gasteiger partial charge in [-0.15, -0.1) is 0 Å². The number of hydrogen-bond acceptors (Lipinski definition) is 4. The molecule has 1 N–H and O–H groups in total. The van der Waals surface area contributed by atoms with Gasteiger partial charge in [0.2, 0.25) is 5.91 Å². The van der Waals surface area contributed by atoms with Crippen molar-refractivity contribution in [3.63, 3.8) is 0 Å². The molecule has 1 heterocycles. The Morgan fingerprint density at radius 3 is 2.62 bits per heavy atom. The number of benzene rings is 2. The van der Waals surface area contributed by atoms with Gasteiger partial charge in [0.25, 0.3) is 5.91 Å². The number of ether oxygens (including phenoxy) is 1. The van der Waals surface area contributed by atoms with Crippen molar-refractivity contribution in [2.45, 2.75) is 19.8 Å². The van der Waals surface area contributed by atoms with Crippen LogP contribution in [0.2, 0.25) is 5.02 Å². The average molecular weight is 419 g/mol. The van der Waals surface area contributed by atoms with Crippen molar-refractivity contribution in [3.8, 4) is 0 Å². The van der Waals surface area contributed by atoms with Crippen molar-refractivity contribution in [2.75, 3.05) is 23.4 Å². The van der Waals surface area contributed by atoms with Gasteiger partial charge in [-0.2, -0.15) is 0 Å². The number of rotatable bonds is 6. The normalized spacial score (nSPS) is 16.0. The van der Waals surface area contributed by atoms with E-state index in [4.69, 9.17) is 16.3 Å². The molecule has 0 saturated carbocycles. The van der Waals surface area contributed by atoms with Gasteiger partial charge in [0.15, 0.2) is 6.61 Å². The lowest BCUT2D eigenvalue weighted by Gasteiger charge is -2.17. The summed E-state index contributed by atoms with van der Waals surface area (Å²) in [7, 11) is 0. The molecule has 0 bridgehead atoms. The second-order valence-corrected chi connectivity index (χ2v) is 7.12. The zero-order chi connectivity index (χ0) is 21.0. The lowest BCUT2D eigenvalue weighted by Crippen LogP contribution is -2.28. The van der Waals surface area contributed by atoms with Crippen LogP contribution in [0.15, 0.2) is 42.5 Å². The topological polar surface area (TPSA) is 75.7 Å². The molecule has 1 aliphatic heterocycles. The number of anilines is 2. The molecule has 29 heavy (non-hydrogen) atoms. The molecule has 3 rings (SSSR count). The number of halogens is 2. The predicted molar refractivity (Wildman–Crippen MR) is 107 cm³/mol. The highest BCUT2D eigenvalue weighted by atomic mass is 35.5. The largest absolute Gasteiger partial charge is 0.455 e. The Labute approximate surface area is 172 Å². The minimum atomic E-state index is -0.638. The van der Waals surface area contributed by atoms with Crippen molar-refractivity contribution in [2.24, 2.45) is 5.92 Å². The van der Waals surface area contributed by atoms with E-state index in [2.05, 4.69) is 5.32 Å². The maximum absolute atomic E-state index is 13.1. The van der Waals surface area contributed by atoms with E-state index in [1.54, 1.807) is 4.90 Å². The maximum Gasteiger partial charge on any atom is 0.311 e. The Balaban J connectivity index is 1.52. The van der Waals surface area contributed by atoms with E-state index >= 15 is 0 Å². The van der Waals surface area contributed by atoms with Crippen LogP contribution in [0.4, 0.5) is 15.8 Å². The molecule has 6 nitrogen and oxygen atoms in total. The van der Waals surface area contributed by atoms with E-state index in [0.717, 1.165) is 23.7 Å². The highest BCUT2D eigenvalue weighted by Crippen LogP contribution is 2.26. The molecular formula is C21H20ClFN2O4. The van der Waals surface area contributed by atoms with E-state index in [-0.39, 0.29) is 29.6 Å². The lowest BCUT2D eigenvalue weighted by molar-refractivity contribution is -0.151. The quantitative estimate of drug-likeness (QED) is 0.727. The summed E-state index contributed by atoms with van der Waals surface area (Å²) >= 11 is 5.66. The molecule has 152 valence electrons. The summed E-state index contributed by atoms with van der Waals surface area (Å²) in [6.07, 6.45) is 0.929. The van der Waals surface area contributed by atoms with Gasteiger partial charge in [0.1, 0.15) is 5.82 Å². The Hall–Kier alpha value is -2.93. The fraction of sp³-hybridized carbons (Fsp3) is 0.286. The summed E-state index contributed by atoms with van der Waals surface area (Å²) in [5, 5.41) is 2.34. The fourth-order valence-electron chi connectivity index (χ4n) is 3.05. The third-order valence-corrected chi connectivity index (χ3v) is 4.95. The van der Waals surface area contributed by atoms with Crippen molar-refractivity contribution in [1.29, 1.82) is 0 Å². The van der Waals surface area contributed by atoms with Gasteiger partial charge in [0, 0.05) is 24.3 Å². The third-order valence-electron chi connectivity index (χ3n) is 4.66. The molecule has 1 saturated heterocycles. The standard InChI is InChI=1S/C21H20ClFN2O4/c1-2-13-3-6-16(7-4-13)25-11-14(9-20(25)27)21(28)29-12-19(26)24-15-5-8-18(23)17(22)10-15/h3-8,10,14H,2,9,11-12H2,1H3,(H,24,26)/t14-/m0/s1. The van der Waals surface area contributed by atoms with Gasteiger partial charge in [-0.05, 0) is 42.3 Å². The van der Waals surface area contributed by atoms with Gasteiger partial charge in [-0.1, -0.05) is 30.7 Å². The van der Waals surface area contributed by atoms with E-state index < -0.39 is 30.2 Å². The number of carbonyl (C=O) groups excluding carboxylic acids is 3. The summed E-state index contributed by atoms with van der Waals surface area (Å²) in [6.45, 7) is 1.74. The number of aryl methyl sites for hydroxylation is 1. The number of carbonyl (C=O) groups is 3. The van der Waals surface area contributed by atoms with Gasteiger partial charge >= 0.3 is 5.97 Å². The molecule has 8 heteroatoms. The molecule has 0 aliphatic carbocycles. The van der Waals surface area contributed by atoms with Crippen LogP contribution in [0, 0.1) is 11.7 Å². The van der Waals surface area contributed by atoms with Crippen LogP contribution in [0.5, 0.6) is 0 Å². The van der Waals surface area contributed by atoms with Crippen molar-refractivity contribution < 1.29 is 23.5 Å². The van der Waals surface area contributed by atoms with E-state index in [1.165, 1.54) is 12.1 Å². The average Bonchev–Trinajstić information content (AvgIpc) is 3.11. The number of nitrogens with zero attached hydrogens (tertiary/aromatic N) is 1. The van der Waals surface area contributed by atoms with Gasteiger partial charge in [-0.3, -0.25) is 14.4 Å². The van der Waals surface area contributed by atoms with Gasteiger partial charge in [-0.25, -0.2) is 4.39 Å². The van der Waals surface area contributed by atoms with Crippen LogP contribution in [-0.2, 0) is 25.5 Å². The number of nitrogens with one attached hydrogen (secondary N) is 1. The summed E-state index contributed by atoms with van der Waals surface area (Å²) in [4.78, 5) is 38.0. The van der Waals surface area contributed by atoms with Crippen LogP contribution in [0.1, 0.15) is 18.9 Å². The van der Waals surface area contributed by atoms with Gasteiger partial charge < -0.3 is 15.0 Å². The molecule has 1 aliphatic rings. The predicted octanol–water partition coefficient (Wildman–Crippen LogP) is 3.58. The number of amides is 2. The maximum atomic E-state index is 13.1. The SMILES string of the molecule is CCc1ccc(N2C[C@@H](C(=O)OCC(=O)Nc3ccc(F)c(Cl)c3)CC2=O)cc1. The van der Waals surface area contributed by atoms with Crippen LogP contribution < -0.4 is 10.2 Å².